The zero-order chi connectivity index (χ0) is 13.4. The second-order valence-corrected chi connectivity index (χ2v) is 6.27. The van der Waals surface area contributed by atoms with Crippen LogP contribution in [0.2, 0.25) is 0 Å². The van der Waals surface area contributed by atoms with E-state index in [0.29, 0.717) is 17.6 Å². The van der Waals surface area contributed by atoms with Gasteiger partial charge in [0, 0.05) is 32.0 Å². The van der Waals surface area contributed by atoms with Crippen LogP contribution < -0.4 is 0 Å². The van der Waals surface area contributed by atoms with E-state index in [1.165, 1.54) is 6.42 Å². The molecular weight excluding hydrogens is 240 g/mol. The number of Topliss-reactive ketones (excluding diaryl/α,β-unsaturated/α-hetero) is 1. The van der Waals surface area contributed by atoms with Gasteiger partial charge in [-0.25, -0.2) is 0 Å². The third-order valence-electron chi connectivity index (χ3n) is 4.60. The standard InChI is InChI=1S/C14H22N4O/c1-10-5-11(2)12(13(19)6-10)7-17-3-4-18-9-15-16-14(18)8-17/h9-12H,3-8H2,1-2H3. The summed E-state index contributed by atoms with van der Waals surface area (Å²) in [6, 6.07) is 0. The van der Waals surface area contributed by atoms with Crippen LogP contribution in [0.5, 0.6) is 0 Å². The van der Waals surface area contributed by atoms with Gasteiger partial charge in [0.25, 0.3) is 0 Å². The molecule has 0 radical (unpaired) electrons. The number of hydrogen-bond acceptors (Lipinski definition) is 4. The van der Waals surface area contributed by atoms with E-state index in [4.69, 9.17) is 0 Å². The van der Waals surface area contributed by atoms with Gasteiger partial charge in [-0.1, -0.05) is 13.8 Å². The maximum atomic E-state index is 12.2. The number of aromatic nitrogens is 3. The zero-order valence-corrected chi connectivity index (χ0v) is 11.7. The number of fused-ring (bicyclic) bond motifs is 1. The molecule has 3 atom stereocenters. The molecule has 0 N–H and O–H groups in total. The lowest BCUT2D eigenvalue weighted by atomic mass is 9.74. The highest BCUT2D eigenvalue weighted by Gasteiger charge is 2.34. The van der Waals surface area contributed by atoms with Crippen molar-refractivity contribution in [2.75, 3.05) is 13.1 Å². The summed E-state index contributed by atoms with van der Waals surface area (Å²) in [4.78, 5) is 14.6. The molecule has 19 heavy (non-hydrogen) atoms. The lowest BCUT2D eigenvalue weighted by Gasteiger charge is -2.36. The molecule has 5 heteroatoms. The van der Waals surface area contributed by atoms with E-state index in [0.717, 1.165) is 38.4 Å². The van der Waals surface area contributed by atoms with Crippen molar-refractivity contribution in [1.82, 2.24) is 19.7 Å². The van der Waals surface area contributed by atoms with Crippen molar-refractivity contribution in [3.05, 3.63) is 12.2 Å². The monoisotopic (exact) mass is 262 g/mol. The Hall–Kier alpha value is -1.23. The van der Waals surface area contributed by atoms with E-state index >= 15 is 0 Å². The van der Waals surface area contributed by atoms with E-state index in [9.17, 15) is 4.79 Å². The predicted octanol–water partition coefficient (Wildman–Crippen LogP) is 1.34. The second kappa shape index (κ2) is 5.04. The van der Waals surface area contributed by atoms with E-state index in [2.05, 4.69) is 33.5 Å². The summed E-state index contributed by atoms with van der Waals surface area (Å²) >= 11 is 0. The number of carbonyl (C=O) groups is 1. The third kappa shape index (κ3) is 2.56. The van der Waals surface area contributed by atoms with Crippen molar-refractivity contribution >= 4 is 5.78 Å². The summed E-state index contributed by atoms with van der Waals surface area (Å²) in [5, 5.41) is 8.08. The lowest BCUT2D eigenvalue weighted by Crippen LogP contribution is -2.43. The highest BCUT2D eigenvalue weighted by atomic mass is 16.1. The minimum Gasteiger partial charge on any atom is -0.315 e. The van der Waals surface area contributed by atoms with Gasteiger partial charge in [-0.15, -0.1) is 10.2 Å². The molecule has 3 unspecified atom stereocenters. The molecule has 5 nitrogen and oxygen atoms in total. The van der Waals surface area contributed by atoms with Crippen LogP contribution in [-0.4, -0.2) is 38.5 Å². The summed E-state index contributed by atoms with van der Waals surface area (Å²) in [7, 11) is 0. The van der Waals surface area contributed by atoms with Crippen molar-refractivity contribution in [1.29, 1.82) is 0 Å². The van der Waals surface area contributed by atoms with Gasteiger partial charge in [0.1, 0.15) is 17.9 Å². The van der Waals surface area contributed by atoms with Gasteiger partial charge in [-0.05, 0) is 18.3 Å². The number of rotatable bonds is 2. The average molecular weight is 262 g/mol. The fourth-order valence-corrected chi connectivity index (χ4v) is 3.53. The molecular formula is C14H22N4O. The highest BCUT2D eigenvalue weighted by Crippen LogP contribution is 2.32. The van der Waals surface area contributed by atoms with Crippen LogP contribution in [0.1, 0.15) is 32.5 Å². The molecule has 1 aromatic rings. The van der Waals surface area contributed by atoms with Crippen LogP contribution >= 0.6 is 0 Å². The fourth-order valence-electron chi connectivity index (χ4n) is 3.53. The first kappa shape index (κ1) is 12.8. The van der Waals surface area contributed by atoms with Crippen LogP contribution in [0.15, 0.2) is 6.33 Å². The summed E-state index contributed by atoms with van der Waals surface area (Å²) < 4.78 is 2.10. The lowest BCUT2D eigenvalue weighted by molar-refractivity contribution is -0.128. The largest absolute Gasteiger partial charge is 0.315 e. The van der Waals surface area contributed by atoms with Crippen LogP contribution in [0, 0.1) is 17.8 Å². The molecule has 2 aliphatic rings. The Bertz CT molecular complexity index is 470. The molecule has 1 aliphatic heterocycles. The normalized spacial score (nSPS) is 32.3. The fraction of sp³-hybridized carbons (Fsp3) is 0.786. The number of carbonyl (C=O) groups excluding carboxylic acids is 1. The SMILES string of the molecule is CC1CC(=O)C(CN2CCn3cnnc3C2)C(C)C1. The first-order valence-corrected chi connectivity index (χ1v) is 7.25. The number of ketones is 1. The molecule has 1 aliphatic carbocycles. The van der Waals surface area contributed by atoms with E-state index < -0.39 is 0 Å². The Morgan fingerprint density at radius 3 is 3.00 bits per heavy atom. The molecule has 0 amide bonds. The van der Waals surface area contributed by atoms with Gasteiger partial charge in [0.2, 0.25) is 0 Å². The molecule has 1 fully saturated rings. The van der Waals surface area contributed by atoms with Crippen LogP contribution in [0.3, 0.4) is 0 Å². The van der Waals surface area contributed by atoms with Crippen molar-refractivity contribution in [2.24, 2.45) is 17.8 Å². The van der Waals surface area contributed by atoms with Gasteiger partial charge in [0.15, 0.2) is 0 Å². The van der Waals surface area contributed by atoms with Crippen LogP contribution in [0.25, 0.3) is 0 Å². The third-order valence-corrected chi connectivity index (χ3v) is 4.60. The van der Waals surface area contributed by atoms with Crippen LogP contribution in [-0.2, 0) is 17.9 Å². The predicted molar refractivity (Wildman–Crippen MR) is 71.4 cm³/mol. The molecule has 0 aromatic carbocycles. The molecule has 2 heterocycles. The van der Waals surface area contributed by atoms with Crippen LogP contribution in [0.4, 0.5) is 0 Å². The van der Waals surface area contributed by atoms with E-state index in [1.807, 2.05) is 0 Å². The quantitative estimate of drug-likeness (QED) is 0.807. The molecule has 3 rings (SSSR count). The van der Waals surface area contributed by atoms with Gasteiger partial charge in [-0.3, -0.25) is 9.69 Å². The molecule has 0 spiro atoms. The number of hydrogen-bond donors (Lipinski definition) is 0. The maximum absolute atomic E-state index is 12.2. The topological polar surface area (TPSA) is 51.0 Å². The average Bonchev–Trinajstić information content (AvgIpc) is 2.81. The molecule has 1 saturated carbocycles. The first-order chi connectivity index (χ1) is 9.13. The Balaban J connectivity index is 1.64. The van der Waals surface area contributed by atoms with Crippen molar-refractivity contribution in [3.8, 4) is 0 Å². The minimum atomic E-state index is 0.214. The van der Waals surface area contributed by atoms with E-state index in [1.54, 1.807) is 6.33 Å². The van der Waals surface area contributed by atoms with Crippen molar-refractivity contribution < 1.29 is 4.79 Å². The molecule has 0 bridgehead atoms. The first-order valence-electron chi connectivity index (χ1n) is 7.25. The van der Waals surface area contributed by atoms with Gasteiger partial charge < -0.3 is 4.57 Å². The summed E-state index contributed by atoms with van der Waals surface area (Å²) in [5.41, 5.74) is 0. The van der Waals surface area contributed by atoms with Crippen molar-refractivity contribution in [2.45, 2.75) is 39.8 Å². The minimum absolute atomic E-state index is 0.214. The molecule has 0 saturated heterocycles. The summed E-state index contributed by atoms with van der Waals surface area (Å²) in [5.74, 6) is 2.76. The second-order valence-electron chi connectivity index (χ2n) is 6.27. The smallest absolute Gasteiger partial charge is 0.147 e. The Morgan fingerprint density at radius 2 is 2.21 bits per heavy atom. The number of nitrogens with zero attached hydrogens (tertiary/aromatic N) is 4. The molecule has 1 aromatic heterocycles. The Labute approximate surface area is 114 Å². The summed E-state index contributed by atoms with van der Waals surface area (Å²) in [6.45, 7) is 8.06. The van der Waals surface area contributed by atoms with Gasteiger partial charge >= 0.3 is 0 Å². The van der Waals surface area contributed by atoms with Gasteiger partial charge in [-0.2, -0.15) is 0 Å². The summed E-state index contributed by atoms with van der Waals surface area (Å²) in [6.07, 6.45) is 3.74. The van der Waals surface area contributed by atoms with E-state index in [-0.39, 0.29) is 5.92 Å². The highest BCUT2D eigenvalue weighted by molar-refractivity contribution is 5.82. The zero-order valence-electron chi connectivity index (χ0n) is 11.7. The Kier molecular flexibility index (Phi) is 3.39. The van der Waals surface area contributed by atoms with Gasteiger partial charge in [0.05, 0.1) is 6.54 Å². The maximum Gasteiger partial charge on any atom is 0.147 e. The van der Waals surface area contributed by atoms with Crippen molar-refractivity contribution in [3.63, 3.8) is 0 Å². The Morgan fingerprint density at radius 1 is 1.37 bits per heavy atom. The molecule has 104 valence electrons.